The molecule has 0 heterocycles. The van der Waals surface area contributed by atoms with Crippen molar-refractivity contribution >= 4 is 45.1 Å². The summed E-state index contributed by atoms with van der Waals surface area (Å²) in [6.07, 6.45) is 0. The highest BCUT2D eigenvalue weighted by molar-refractivity contribution is 6.38. The highest BCUT2D eigenvalue weighted by Gasteiger charge is 2.12. The minimum absolute atomic E-state index is 0.0469. The predicted molar refractivity (Wildman–Crippen MR) is 80.4 cm³/mol. The maximum Gasteiger partial charge on any atom is 0.337 e. The number of hydrogen-bond acceptors (Lipinski definition) is 2. The van der Waals surface area contributed by atoms with Crippen molar-refractivity contribution in [2.24, 2.45) is 0 Å². The van der Waals surface area contributed by atoms with Crippen molar-refractivity contribution in [1.82, 2.24) is 0 Å². The van der Waals surface area contributed by atoms with Crippen LogP contribution in [0.3, 0.4) is 0 Å². The highest BCUT2D eigenvalue weighted by Crippen LogP contribution is 2.31. The topological polar surface area (TPSA) is 74.6 Å². The molecule has 0 aromatic heterocycles. The fourth-order valence-corrected chi connectivity index (χ4v) is 2.64. The van der Waals surface area contributed by atoms with Crippen molar-refractivity contribution in [3.8, 4) is 0 Å². The average molecular weight is 301 g/mol. The van der Waals surface area contributed by atoms with E-state index in [4.69, 9.17) is 21.8 Å². The highest BCUT2D eigenvalue weighted by atomic mass is 35.5. The van der Waals surface area contributed by atoms with Crippen LogP contribution in [0.25, 0.3) is 21.5 Å². The Morgan fingerprint density at radius 3 is 2.19 bits per heavy atom. The van der Waals surface area contributed by atoms with Crippen LogP contribution in [-0.2, 0) is 0 Å². The van der Waals surface area contributed by atoms with Crippen LogP contribution in [0.4, 0.5) is 0 Å². The van der Waals surface area contributed by atoms with Gasteiger partial charge in [-0.25, -0.2) is 9.59 Å². The Bertz CT molecular complexity index is 915. The zero-order chi connectivity index (χ0) is 15.1. The van der Waals surface area contributed by atoms with Gasteiger partial charge in [-0.2, -0.15) is 0 Å². The van der Waals surface area contributed by atoms with Gasteiger partial charge in [0.15, 0.2) is 0 Å². The summed E-state index contributed by atoms with van der Waals surface area (Å²) in [6.45, 7) is 0. The second kappa shape index (κ2) is 4.75. The van der Waals surface area contributed by atoms with Gasteiger partial charge in [-0.1, -0.05) is 23.7 Å². The number of rotatable bonds is 2. The van der Waals surface area contributed by atoms with Crippen LogP contribution in [0.5, 0.6) is 0 Å². The van der Waals surface area contributed by atoms with Gasteiger partial charge in [0.05, 0.1) is 16.1 Å². The molecule has 3 rings (SSSR count). The van der Waals surface area contributed by atoms with Crippen LogP contribution >= 0.6 is 11.6 Å². The largest absolute Gasteiger partial charge is 0.478 e. The first kappa shape index (κ1) is 13.4. The lowest BCUT2D eigenvalue weighted by molar-refractivity contribution is 0.0686. The number of carboxylic acid groups (broad SMARTS) is 2. The summed E-state index contributed by atoms with van der Waals surface area (Å²) in [7, 11) is 0. The van der Waals surface area contributed by atoms with Crippen molar-refractivity contribution in [3.63, 3.8) is 0 Å². The van der Waals surface area contributed by atoms with Crippen LogP contribution in [0, 0.1) is 0 Å². The Hall–Kier alpha value is -2.59. The minimum atomic E-state index is -1.08. The van der Waals surface area contributed by atoms with Gasteiger partial charge in [-0.15, -0.1) is 0 Å². The molecule has 5 heteroatoms. The number of aromatic carboxylic acids is 2. The van der Waals surface area contributed by atoms with Crippen molar-refractivity contribution < 1.29 is 19.8 Å². The summed E-state index contributed by atoms with van der Waals surface area (Å²) in [6, 6.07) is 11.4. The molecule has 0 bridgehead atoms. The molecular formula is C16H9ClO4. The molecular weight excluding hydrogens is 292 g/mol. The van der Waals surface area contributed by atoms with E-state index in [0.29, 0.717) is 5.39 Å². The molecule has 21 heavy (non-hydrogen) atoms. The van der Waals surface area contributed by atoms with Gasteiger partial charge in [0, 0.05) is 5.39 Å². The number of carboxylic acids is 2. The summed E-state index contributed by atoms with van der Waals surface area (Å²) in [5.74, 6) is -2.07. The maximum atomic E-state index is 11.1. The normalized spacial score (nSPS) is 10.9. The molecule has 0 saturated heterocycles. The Kier molecular flexibility index (Phi) is 3.03. The summed E-state index contributed by atoms with van der Waals surface area (Å²) < 4.78 is 0. The third-order valence-corrected chi connectivity index (χ3v) is 3.80. The molecule has 3 aromatic rings. The quantitative estimate of drug-likeness (QED) is 0.700. The Balaban J connectivity index is 2.34. The lowest BCUT2D eigenvalue weighted by atomic mass is 10.00. The van der Waals surface area contributed by atoms with Gasteiger partial charge in [0.1, 0.15) is 0 Å². The van der Waals surface area contributed by atoms with Gasteiger partial charge >= 0.3 is 11.9 Å². The molecule has 0 aliphatic rings. The molecule has 0 atom stereocenters. The van der Waals surface area contributed by atoms with E-state index >= 15 is 0 Å². The Labute approximate surface area is 124 Å². The first-order chi connectivity index (χ1) is 9.97. The molecule has 0 aliphatic carbocycles. The molecule has 0 radical (unpaired) electrons. The molecule has 0 fully saturated rings. The van der Waals surface area contributed by atoms with Crippen molar-refractivity contribution in [2.45, 2.75) is 0 Å². The number of benzene rings is 3. The van der Waals surface area contributed by atoms with Gasteiger partial charge < -0.3 is 10.2 Å². The molecule has 0 spiro atoms. The van der Waals surface area contributed by atoms with E-state index in [-0.39, 0.29) is 16.1 Å². The predicted octanol–water partition coefficient (Wildman–Crippen LogP) is 4.04. The van der Waals surface area contributed by atoms with Crippen molar-refractivity contribution in [3.05, 3.63) is 58.6 Å². The summed E-state index contributed by atoms with van der Waals surface area (Å²) in [5, 5.41) is 21.2. The van der Waals surface area contributed by atoms with Gasteiger partial charge in [-0.3, -0.25) is 0 Å². The third kappa shape index (κ3) is 2.19. The molecule has 0 unspecified atom stereocenters. The van der Waals surface area contributed by atoms with Gasteiger partial charge in [0.25, 0.3) is 0 Å². The van der Waals surface area contributed by atoms with Gasteiger partial charge in [-0.05, 0) is 46.5 Å². The molecule has 0 amide bonds. The zero-order valence-corrected chi connectivity index (χ0v) is 11.4. The standard InChI is InChI=1S/C16H9ClO4/c17-14-12(16(20)21)4-3-9-5-11-6-10(15(18)19)2-1-8(11)7-13(9)14/h1-7H,(H,18,19)(H,20,21). The number of carbonyl (C=O) groups is 2. The van der Waals surface area contributed by atoms with E-state index in [1.165, 1.54) is 12.1 Å². The molecule has 104 valence electrons. The molecule has 0 aliphatic heterocycles. The van der Waals surface area contributed by atoms with E-state index in [1.54, 1.807) is 30.3 Å². The van der Waals surface area contributed by atoms with E-state index < -0.39 is 11.9 Å². The summed E-state index contributed by atoms with van der Waals surface area (Å²) in [5.41, 5.74) is 0.251. The van der Waals surface area contributed by atoms with E-state index in [9.17, 15) is 9.59 Å². The summed E-state index contributed by atoms with van der Waals surface area (Å²) in [4.78, 5) is 22.1. The minimum Gasteiger partial charge on any atom is -0.478 e. The fraction of sp³-hybridized carbons (Fsp3) is 0. The average Bonchev–Trinajstić information content (AvgIpc) is 2.45. The Morgan fingerprint density at radius 2 is 1.52 bits per heavy atom. The lowest BCUT2D eigenvalue weighted by Crippen LogP contribution is -1.98. The number of halogens is 1. The zero-order valence-electron chi connectivity index (χ0n) is 10.6. The summed E-state index contributed by atoms with van der Waals surface area (Å²) >= 11 is 6.14. The van der Waals surface area contributed by atoms with Crippen molar-refractivity contribution in [2.75, 3.05) is 0 Å². The van der Waals surface area contributed by atoms with Crippen LogP contribution in [0.15, 0.2) is 42.5 Å². The van der Waals surface area contributed by atoms with E-state index in [0.717, 1.165) is 16.2 Å². The molecule has 0 saturated carbocycles. The van der Waals surface area contributed by atoms with E-state index in [2.05, 4.69) is 0 Å². The molecule has 2 N–H and O–H groups in total. The van der Waals surface area contributed by atoms with Crippen LogP contribution in [0.2, 0.25) is 5.02 Å². The van der Waals surface area contributed by atoms with Crippen LogP contribution in [0.1, 0.15) is 20.7 Å². The van der Waals surface area contributed by atoms with Crippen LogP contribution < -0.4 is 0 Å². The first-order valence-electron chi connectivity index (χ1n) is 6.10. The fourth-order valence-electron chi connectivity index (χ4n) is 2.33. The van der Waals surface area contributed by atoms with Gasteiger partial charge in [0.2, 0.25) is 0 Å². The molecule has 3 aromatic carbocycles. The Morgan fingerprint density at radius 1 is 0.810 bits per heavy atom. The SMILES string of the molecule is O=C(O)c1ccc2cc3c(Cl)c(C(=O)O)ccc3cc2c1. The molecule has 4 nitrogen and oxygen atoms in total. The maximum absolute atomic E-state index is 11.1. The number of hydrogen-bond donors (Lipinski definition) is 2. The smallest absolute Gasteiger partial charge is 0.337 e. The lowest BCUT2D eigenvalue weighted by Gasteiger charge is -2.07. The number of fused-ring (bicyclic) bond motifs is 2. The second-order valence-electron chi connectivity index (χ2n) is 4.67. The van der Waals surface area contributed by atoms with Crippen molar-refractivity contribution in [1.29, 1.82) is 0 Å². The van der Waals surface area contributed by atoms with E-state index in [1.807, 2.05) is 0 Å². The first-order valence-corrected chi connectivity index (χ1v) is 6.48. The third-order valence-electron chi connectivity index (χ3n) is 3.39. The van der Waals surface area contributed by atoms with Crippen LogP contribution in [-0.4, -0.2) is 22.2 Å². The monoisotopic (exact) mass is 300 g/mol. The second-order valence-corrected chi connectivity index (χ2v) is 5.05.